The van der Waals surface area contributed by atoms with Crippen LogP contribution in [0.4, 0.5) is 4.79 Å². The number of benzene rings is 2. The molecule has 1 atom stereocenters. The molecule has 8 nitrogen and oxygen atoms in total. The molecule has 3 aromatic rings. The number of fused-ring (bicyclic) bond motifs is 3. The number of ether oxygens (including phenoxy) is 1. The number of carbonyl (C=O) groups is 3. The highest BCUT2D eigenvalue weighted by Gasteiger charge is 2.29. The molecule has 0 aliphatic heterocycles. The van der Waals surface area contributed by atoms with Crippen LogP contribution in [0.2, 0.25) is 0 Å². The highest BCUT2D eigenvalue weighted by atomic mass is 32.1. The Balaban J connectivity index is 1.35. The van der Waals surface area contributed by atoms with E-state index in [9.17, 15) is 19.5 Å². The quantitative estimate of drug-likeness (QED) is 0.430. The molecule has 0 fully saturated rings. The summed E-state index contributed by atoms with van der Waals surface area (Å²) in [4.78, 5) is 41.0. The molecule has 1 heterocycles. The van der Waals surface area contributed by atoms with E-state index in [2.05, 4.69) is 39.9 Å². The zero-order valence-electron chi connectivity index (χ0n) is 19.7. The minimum Gasteiger partial charge on any atom is -0.480 e. The fraction of sp³-hybridized carbons (Fsp3) is 0.308. The molecule has 4 rings (SSSR count). The standard InChI is InChI=1S/C26H27N3O5S/c1-14(2)22(25(31)32)29-24(30)23-15(3)28-21(35-23)12-27-26(33)34-13-20-18-10-6-4-8-16(18)17-9-5-7-11-19(17)20/h4-11,14,20,22H,12-13H2,1-3H3,(H,27,33)(H,29,30)(H,31,32). The van der Waals surface area contributed by atoms with Gasteiger partial charge in [-0.15, -0.1) is 11.3 Å². The lowest BCUT2D eigenvalue weighted by Crippen LogP contribution is -2.44. The van der Waals surface area contributed by atoms with Crippen LogP contribution >= 0.6 is 11.3 Å². The molecule has 1 aliphatic rings. The maximum atomic E-state index is 12.6. The van der Waals surface area contributed by atoms with Gasteiger partial charge in [-0.2, -0.15) is 0 Å². The van der Waals surface area contributed by atoms with Crippen molar-refractivity contribution in [3.05, 3.63) is 75.2 Å². The number of amides is 2. The Bertz CT molecular complexity index is 1220. The van der Waals surface area contributed by atoms with E-state index in [1.807, 2.05) is 24.3 Å². The van der Waals surface area contributed by atoms with Crippen molar-refractivity contribution in [2.75, 3.05) is 6.61 Å². The summed E-state index contributed by atoms with van der Waals surface area (Å²) in [5, 5.41) is 15.1. The number of carboxylic acids is 1. The van der Waals surface area contributed by atoms with Crippen LogP contribution in [0.5, 0.6) is 0 Å². The van der Waals surface area contributed by atoms with Crippen LogP contribution < -0.4 is 10.6 Å². The van der Waals surface area contributed by atoms with Crippen molar-refractivity contribution in [1.29, 1.82) is 0 Å². The first-order valence-corrected chi connectivity index (χ1v) is 12.2. The number of thiazole rings is 1. The molecule has 9 heteroatoms. The number of alkyl carbamates (subject to hydrolysis) is 1. The second-order valence-corrected chi connectivity index (χ2v) is 9.82. The topological polar surface area (TPSA) is 118 Å². The molecule has 3 N–H and O–H groups in total. The van der Waals surface area contributed by atoms with Crippen molar-refractivity contribution >= 4 is 29.3 Å². The van der Waals surface area contributed by atoms with Crippen LogP contribution in [0.15, 0.2) is 48.5 Å². The van der Waals surface area contributed by atoms with Gasteiger partial charge in [0.1, 0.15) is 22.5 Å². The average molecular weight is 494 g/mol. The number of carboxylic acid groups (broad SMARTS) is 1. The van der Waals surface area contributed by atoms with E-state index in [1.54, 1.807) is 20.8 Å². The van der Waals surface area contributed by atoms with Gasteiger partial charge >= 0.3 is 12.1 Å². The molecule has 0 saturated heterocycles. The van der Waals surface area contributed by atoms with Gasteiger partial charge in [-0.25, -0.2) is 14.6 Å². The Morgan fingerprint density at radius 1 is 1.06 bits per heavy atom. The van der Waals surface area contributed by atoms with E-state index in [0.29, 0.717) is 15.6 Å². The predicted molar refractivity (Wildman–Crippen MR) is 132 cm³/mol. The molecule has 1 unspecified atom stereocenters. The van der Waals surface area contributed by atoms with Crippen LogP contribution in [-0.4, -0.2) is 40.7 Å². The smallest absolute Gasteiger partial charge is 0.407 e. The monoisotopic (exact) mass is 493 g/mol. The number of aliphatic carboxylic acids is 1. The zero-order chi connectivity index (χ0) is 25.1. The summed E-state index contributed by atoms with van der Waals surface area (Å²) in [5.74, 6) is -1.88. The lowest BCUT2D eigenvalue weighted by atomic mass is 9.98. The third-order valence-electron chi connectivity index (χ3n) is 5.99. The molecule has 0 spiro atoms. The van der Waals surface area contributed by atoms with Crippen LogP contribution in [-0.2, 0) is 16.1 Å². The molecule has 182 valence electrons. The molecular weight excluding hydrogens is 466 g/mol. The lowest BCUT2D eigenvalue weighted by molar-refractivity contribution is -0.140. The van der Waals surface area contributed by atoms with Gasteiger partial charge < -0.3 is 20.5 Å². The van der Waals surface area contributed by atoms with E-state index in [0.717, 1.165) is 33.6 Å². The Hall–Kier alpha value is -3.72. The SMILES string of the molecule is Cc1nc(CNC(=O)OCC2c3ccccc3-c3ccccc32)sc1C(=O)NC(C(=O)O)C(C)C. The molecule has 2 amide bonds. The van der Waals surface area contributed by atoms with Crippen LogP contribution in [0.25, 0.3) is 11.1 Å². The van der Waals surface area contributed by atoms with Gasteiger partial charge in [-0.3, -0.25) is 4.79 Å². The third kappa shape index (κ3) is 5.19. The molecule has 0 saturated carbocycles. The van der Waals surface area contributed by atoms with Gasteiger partial charge in [0.25, 0.3) is 5.91 Å². The number of hydrogen-bond donors (Lipinski definition) is 3. The Labute approximate surface area is 207 Å². The van der Waals surface area contributed by atoms with Crippen LogP contribution in [0.3, 0.4) is 0 Å². The van der Waals surface area contributed by atoms with E-state index < -0.39 is 24.0 Å². The fourth-order valence-corrected chi connectivity index (χ4v) is 5.16. The number of hydrogen-bond acceptors (Lipinski definition) is 6. The number of aryl methyl sites for hydroxylation is 1. The van der Waals surface area contributed by atoms with Crippen molar-refractivity contribution in [2.24, 2.45) is 5.92 Å². The summed E-state index contributed by atoms with van der Waals surface area (Å²) in [5.41, 5.74) is 5.06. The van der Waals surface area contributed by atoms with Gasteiger partial charge in [0.15, 0.2) is 0 Å². The molecule has 1 aromatic heterocycles. The second-order valence-electron chi connectivity index (χ2n) is 8.73. The number of aromatic nitrogens is 1. The molecule has 1 aliphatic carbocycles. The number of rotatable bonds is 8. The van der Waals surface area contributed by atoms with Crippen LogP contribution in [0, 0.1) is 12.8 Å². The highest BCUT2D eigenvalue weighted by Crippen LogP contribution is 2.44. The van der Waals surface area contributed by atoms with E-state index in [1.165, 1.54) is 0 Å². The number of carbonyl (C=O) groups excluding carboxylic acids is 2. The zero-order valence-corrected chi connectivity index (χ0v) is 20.5. The van der Waals surface area contributed by atoms with Gasteiger partial charge in [0.05, 0.1) is 12.2 Å². The average Bonchev–Trinajstić information content (AvgIpc) is 3.37. The highest BCUT2D eigenvalue weighted by molar-refractivity contribution is 7.13. The predicted octanol–water partition coefficient (Wildman–Crippen LogP) is 4.33. The Morgan fingerprint density at radius 3 is 2.23 bits per heavy atom. The molecule has 0 radical (unpaired) electrons. The van der Waals surface area contributed by atoms with Crippen LogP contribution in [0.1, 0.15) is 51.3 Å². The minimum atomic E-state index is -1.09. The number of nitrogens with one attached hydrogen (secondary N) is 2. The maximum Gasteiger partial charge on any atom is 0.407 e. The maximum absolute atomic E-state index is 12.6. The van der Waals surface area contributed by atoms with E-state index in [-0.39, 0.29) is 25.0 Å². The molecule has 2 aromatic carbocycles. The van der Waals surface area contributed by atoms with Crippen molar-refractivity contribution in [3.63, 3.8) is 0 Å². The van der Waals surface area contributed by atoms with Gasteiger partial charge in [-0.05, 0) is 35.1 Å². The molecule has 35 heavy (non-hydrogen) atoms. The summed E-state index contributed by atoms with van der Waals surface area (Å²) >= 11 is 1.11. The van der Waals surface area contributed by atoms with E-state index in [4.69, 9.17) is 4.74 Å². The third-order valence-corrected chi connectivity index (χ3v) is 7.15. The first kappa shape index (κ1) is 24.4. The summed E-state index contributed by atoms with van der Waals surface area (Å²) in [7, 11) is 0. The lowest BCUT2D eigenvalue weighted by Gasteiger charge is -2.17. The minimum absolute atomic E-state index is 0.0336. The van der Waals surface area contributed by atoms with Crippen molar-refractivity contribution in [2.45, 2.75) is 39.3 Å². The normalized spacial score (nSPS) is 13.1. The molecular formula is C26H27N3O5S. The summed E-state index contributed by atoms with van der Waals surface area (Å²) in [6, 6.07) is 15.2. The first-order valence-electron chi connectivity index (χ1n) is 11.3. The van der Waals surface area contributed by atoms with Gasteiger partial charge in [0.2, 0.25) is 0 Å². The largest absolute Gasteiger partial charge is 0.480 e. The fourth-order valence-electron chi connectivity index (χ4n) is 4.26. The van der Waals surface area contributed by atoms with Gasteiger partial charge in [-0.1, -0.05) is 62.4 Å². The number of nitrogens with zero attached hydrogens (tertiary/aromatic N) is 1. The van der Waals surface area contributed by atoms with Crippen molar-refractivity contribution < 1.29 is 24.2 Å². The van der Waals surface area contributed by atoms with Crippen molar-refractivity contribution in [1.82, 2.24) is 15.6 Å². The summed E-state index contributed by atoms with van der Waals surface area (Å²) < 4.78 is 5.53. The summed E-state index contributed by atoms with van der Waals surface area (Å²) in [6.45, 7) is 5.43. The van der Waals surface area contributed by atoms with Gasteiger partial charge in [0, 0.05) is 5.92 Å². The first-order chi connectivity index (χ1) is 16.8. The Kier molecular flexibility index (Phi) is 7.16. The second kappa shape index (κ2) is 10.3. The Morgan fingerprint density at radius 2 is 1.66 bits per heavy atom. The molecule has 0 bridgehead atoms. The van der Waals surface area contributed by atoms with E-state index >= 15 is 0 Å². The summed E-state index contributed by atoms with van der Waals surface area (Å²) in [6.07, 6.45) is -0.573. The van der Waals surface area contributed by atoms with Crippen molar-refractivity contribution in [3.8, 4) is 11.1 Å².